The zero-order valence-corrected chi connectivity index (χ0v) is 12.5. The number of nitrogens with zero attached hydrogens (tertiary/aromatic N) is 1. The van der Waals surface area contributed by atoms with E-state index in [-0.39, 0.29) is 18.1 Å². The fraction of sp³-hybridized carbons (Fsp3) is 0.583. The highest BCUT2D eigenvalue weighted by Gasteiger charge is 2.52. The molecule has 0 aromatic heterocycles. The Hall–Kier alpha value is -1.80. The standard InChI is InChI=1S/C12H17ClN2O6/c1-19-9-6-8(11(16)20-2)12(14,15(17)18)7-10(9)21-5-3-4-13/h6-8H,3-5,14H2,1-2H3. The highest BCUT2D eigenvalue weighted by atomic mass is 35.5. The van der Waals surface area contributed by atoms with E-state index >= 15 is 0 Å². The van der Waals surface area contributed by atoms with Crippen molar-refractivity contribution in [1.82, 2.24) is 0 Å². The summed E-state index contributed by atoms with van der Waals surface area (Å²) in [6, 6.07) is 0. The van der Waals surface area contributed by atoms with Crippen LogP contribution < -0.4 is 5.73 Å². The van der Waals surface area contributed by atoms with E-state index in [1.165, 1.54) is 13.2 Å². The van der Waals surface area contributed by atoms with Gasteiger partial charge in [0.15, 0.2) is 17.4 Å². The van der Waals surface area contributed by atoms with Gasteiger partial charge in [-0.25, -0.2) is 0 Å². The van der Waals surface area contributed by atoms with Crippen LogP contribution in [0.2, 0.25) is 0 Å². The number of methoxy groups -OCH3 is 2. The molecular formula is C12H17ClN2O6. The average molecular weight is 321 g/mol. The van der Waals surface area contributed by atoms with E-state index in [1.54, 1.807) is 0 Å². The van der Waals surface area contributed by atoms with E-state index in [9.17, 15) is 14.9 Å². The van der Waals surface area contributed by atoms with Crippen molar-refractivity contribution in [3.63, 3.8) is 0 Å². The van der Waals surface area contributed by atoms with Crippen LogP contribution >= 0.6 is 11.6 Å². The van der Waals surface area contributed by atoms with Crippen LogP contribution in [-0.4, -0.2) is 43.3 Å². The molecule has 2 atom stereocenters. The van der Waals surface area contributed by atoms with Gasteiger partial charge in [0.25, 0.3) is 0 Å². The molecule has 0 radical (unpaired) electrons. The molecule has 0 aromatic carbocycles. The number of esters is 1. The van der Waals surface area contributed by atoms with Gasteiger partial charge in [-0.1, -0.05) is 0 Å². The quantitative estimate of drug-likeness (QED) is 0.184. The number of carbonyl (C=O) groups is 1. The fourth-order valence-corrected chi connectivity index (χ4v) is 1.92. The third-order valence-corrected chi connectivity index (χ3v) is 3.22. The minimum absolute atomic E-state index is 0.0990. The van der Waals surface area contributed by atoms with E-state index < -0.39 is 22.5 Å². The molecule has 0 aliphatic heterocycles. The van der Waals surface area contributed by atoms with Crippen LogP contribution in [0.3, 0.4) is 0 Å². The number of ether oxygens (including phenoxy) is 3. The highest BCUT2D eigenvalue weighted by molar-refractivity contribution is 6.17. The molecule has 0 heterocycles. The summed E-state index contributed by atoms with van der Waals surface area (Å²) >= 11 is 5.54. The summed E-state index contributed by atoms with van der Waals surface area (Å²) in [5.74, 6) is -1.48. The van der Waals surface area contributed by atoms with E-state index in [2.05, 4.69) is 4.74 Å². The second-order valence-corrected chi connectivity index (χ2v) is 4.66. The number of nitrogens with two attached hydrogens (primary N) is 1. The summed E-state index contributed by atoms with van der Waals surface area (Å²) in [6.45, 7) is 0.243. The Morgan fingerprint density at radius 3 is 2.67 bits per heavy atom. The summed E-state index contributed by atoms with van der Waals surface area (Å²) in [6.07, 6.45) is 2.83. The minimum Gasteiger partial charge on any atom is -0.493 e. The monoisotopic (exact) mass is 320 g/mol. The van der Waals surface area contributed by atoms with E-state index in [0.717, 1.165) is 13.2 Å². The first-order chi connectivity index (χ1) is 9.90. The molecule has 2 unspecified atom stereocenters. The van der Waals surface area contributed by atoms with Gasteiger partial charge < -0.3 is 14.2 Å². The molecule has 8 nitrogen and oxygen atoms in total. The lowest BCUT2D eigenvalue weighted by molar-refractivity contribution is -0.560. The van der Waals surface area contributed by atoms with Crippen molar-refractivity contribution < 1.29 is 23.9 Å². The molecule has 1 rings (SSSR count). The highest BCUT2D eigenvalue weighted by Crippen LogP contribution is 2.32. The van der Waals surface area contributed by atoms with Gasteiger partial charge in [0.2, 0.25) is 0 Å². The second kappa shape index (κ2) is 7.28. The summed E-state index contributed by atoms with van der Waals surface area (Å²) in [4.78, 5) is 22.2. The molecule has 0 bridgehead atoms. The number of alkyl halides is 1. The molecule has 2 N–H and O–H groups in total. The maximum Gasteiger partial charge on any atom is 0.322 e. The van der Waals surface area contributed by atoms with Crippen molar-refractivity contribution in [3.05, 3.63) is 33.8 Å². The number of rotatable bonds is 7. The molecular weight excluding hydrogens is 304 g/mol. The van der Waals surface area contributed by atoms with Crippen LogP contribution in [0.4, 0.5) is 0 Å². The molecule has 0 saturated heterocycles. The zero-order valence-electron chi connectivity index (χ0n) is 11.7. The van der Waals surface area contributed by atoms with Crippen LogP contribution in [0.15, 0.2) is 23.7 Å². The predicted octanol–water partition coefficient (Wildman–Crippen LogP) is 0.781. The van der Waals surface area contributed by atoms with Crippen LogP contribution in [-0.2, 0) is 19.0 Å². The molecule has 118 valence electrons. The summed E-state index contributed by atoms with van der Waals surface area (Å²) in [7, 11) is 2.48. The van der Waals surface area contributed by atoms with Gasteiger partial charge in [-0.15, -0.1) is 11.6 Å². The van der Waals surface area contributed by atoms with Crippen molar-refractivity contribution >= 4 is 17.6 Å². The SMILES string of the molecule is COC(=O)C1C=C(OC)C(OCCCCl)=CC1(N)[N+](=O)[O-]. The number of halogens is 1. The maximum atomic E-state index is 11.7. The fourth-order valence-electron chi connectivity index (χ4n) is 1.81. The lowest BCUT2D eigenvalue weighted by Crippen LogP contribution is -2.56. The molecule has 0 aromatic rings. The van der Waals surface area contributed by atoms with Gasteiger partial charge in [0, 0.05) is 10.8 Å². The van der Waals surface area contributed by atoms with Crippen LogP contribution in [0, 0.1) is 16.0 Å². The topological polar surface area (TPSA) is 114 Å². The molecule has 1 aliphatic carbocycles. The van der Waals surface area contributed by atoms with Crippen LogP contribution in [0.1, 0.15) is 6.42 Å². The van der Waals surface area contributed by atoms with Gasteiger partial charge in [0.1, 0.15) is 0 Å². The molecule has 0 fully saturated rings. The number of carbonyl (C=O) groups excluding carboxylic acids is 1. The van der Waals surface area contributed by atoms with Crippen molar-refractivity contribution in [2.24, 2.45) is 11.7 Å². The van der Waals surface area contributed by atoms with E-state index in [4.69, 9.17) is 26.8 Å². The summed E-state index contributed by atoms with van der Waals surface area (Å²) in [5.41, 5.74) is 3.59. The van der Waals surface area contributed by atoms with Gasteiger partial charge >= 0.3 is 11.6 Å². The average Bonchev–Trinajstić information content (AvgIpc) is 2.46. The van der Waals surface area contributed by atoms with Gasteiger partial charge in [-0.2, -0.15) is 0 Å². The normalized spacial score (nSPS) is 24.7. The third-order valence-electron chi connectivity index (χ3n) is 2.95. The molecule has 0 spiro atoms. The van der Waals surface area contributed by atoms with E-state index in [1.807, 2.05) is 0 Å². The number of hydrogen-bond donors (Lipinski definition) is 1. The summed E-state index contributed by atoms with van der Waals surface area (Å²) < 4.78 is 15.0. The number of hydrogen-bond acceptors (Lipinski definition) is 7. The Labute approximate surface area is 126 Å². The Morgan fingerprint density at radius 2 is 2.19 bits per heavy atom. The van der Waals surface area contributed by atoms with Crippen LogP contribution in [0.5, 0.6) is 0 Å². The Morgan fingerprint density at radius 1 is 1.52 bits per heavy atom. The molecule has 0 saturated carbocycles. The van der Waals surface area contributed by atoms with Crippen molar-refractivity contribution in [1.29, 1.82) is 0 Å². The Kier molecular flexibility index (Phi) is 5.98. The number of nitro groups is 1. The molecule has 0 amide bonds. The summed E-state index contributed by atoms with van der Waals surface area (Å²) in [5, 5.41) is 11.3. The first kappa shape index (κ1) is 17.3. The lowest BCUT2D eigenvalue weighted by atomic mass is 9.88. The smallest absolute Gasteiger partial charge is 0.322 e. The largest absolute Gasteiger partial charge is 0.493 e. The lowest BCUT2D eigenvalue weighted by Gasteiger charge is -2.28. The van der Waals surface area contributed by atoms with Crippen LogP contribution in [0.25, 0.3) is 0 Å². The zero-order chi connectivity index (χ0) is 16.0. The van der Waals surface area contributed by atoms with Crippen molar-refractivity contribution in [3.8, 4) is 0 Å². The molecule has 1 aliphatic rings. The Balaban J connectivity index is 3.15. The molecule has 21 heavy (non-hydrogen) atoms. The second-order valence-electron chi connectivity index (χ2n) is 4.28. The van der Waals surface area contributed by atoms with Crippen molar-refractivity contribution in [2.75, 3.05) is 26.7 Å². The maximum absolute atomic E-state index is 11.7. The van der Waals surface area contributed by atoms with E-state index in [0.29, 0.717) is 12.3 Å². The Bertz CT molecular complexity index is 478. The molecule has 9 heteroatoms. The third kappa shape index (κ3) is 3.64. The van der Waals surface area contributed by atoms with Gasteiger partial charge in [-0.3, -0.25) is 20.6 Å². The van der Waals surface area contributed by atoms with Gasteiger partial charge in [0.05, 0.1) is 26.9 Å². The minimum atomic E-state index is -2.16. The first-order valence-electron chi connectivity index (χ1n) is 6.09. The van der Waals surface area contributed by atoms with Gasteiger partial charge in [-0.05, 0) is 12.5 Å². The first-order valence-corrected chi connectivity index (χ1v) is 6.63. The van der Waals surface area contributed by atoms with Crippen molar-refractivity contribution in [2.45, 2.75) is 12.1 Å². The predicted molar refractivity (Wildman–Crippen MR) is 73.9 cm³/mol.